The Balaban J connectivity index is 1.66. The smallest absolute Gasteiger partial charge is 0.226 e. The molecular formula is C21H31N3O3. The maximum Gasteiger partial charge on any atom is 0.226 e. The van der Waals surface area contributed by atoms with Crippen LogP contribution in [-0.4, -0.2) is 29.2 Å². The Hall–Kier alpha value is -2.37. The standard InChI is InChI=1S/C21H31N3O3/c1-15(9-10-16-11-13-17(26-5)14-12-16)22-18(25)7-6-8-19-23-20(24-27-19)21(2,3)4/h11-15H,6-10H2,1-5H3,(H,22,25). The summed E-state index contributed by atoms with van der Waals surface area (Å²) in [5, 5.41) is 7.06. The molecule has 2 aromatic rings. The van der Waals surface area contributed by atoms with Crippen LogP contribution < -0.4 is 10.1 Å². The van der Waals surface area contributed by atoms with Gasteiger partial charge in [-0.2, -0.15) is 4.98 Å². The van der Waals surface area contributed by atoms with Crippen LogP contribution in [0.3, 0.4) is 0 Å². The van der Waals surface area contributed by atoms with Gasteiger partial charge in [-0.1, -0.05) is 38.1 Å². The third-order valence-electron chi connectivity index (χ3n) is 4.37. The van der Waals surface area contributed by atoms with E-state index < -0.39 is 0 Å². The highest BCUT2D eigenvalue weighted by Gasteiger charge is 2.20. The summed E-state index contributed by atoms with van der Waals surface area (Å²) in [7, 11) is 1.66. The van der Waals surface area contributed by atoms with Gasteiger partial charge in [-0.25, -0.2) is 0 Å². The van der Waals surface area contributed by atoms with Crippen LogP contribution in [0.4, 0.5) is 0 Å². The Morgan fingerprint density at radius 1 is 1.22 bits per heavy atom. The molecule has 1 amide bonds. The molecule has 0 aliphatic carbocycles. The van der Waals surface area contributed by atoms with Crippen LogP contribution >= 0.6 is 0 Å². The fraction of sp³-hybridized carbons (Fsp3) is 0.571. The van der Waals surface area contributed by atoms with Gasteiger partial charge >= 0.3 is 0 Å². The van der Waals surface area contributed by atoms with Crippen molar-refractivity contribution in [2.45, 2.75) is 71.3 Å². The zero-order valence-corrected chi connectivity index (χ0v) is 17.0. The molecule has 6 nitrogen and oxygen atoms in total. The maximum atomic E-state index is 12.1. The number of nitrogens with one attached hydrogen (secondary N) is 1. The second-order valence-electron chi connectivity index (χ2n) is 7.97. The lowest BCUT2D eigenvalue weighted by Crippen LogP contribution is -2.32. The number of hydrogen-bond acceptors (Lipinski definition) is 5. The number of rotatable bonds is 9. The molecule has 0 spiro atoms. The molecule has 0 bridgehead atoms. The van der Waals surface area contributed by atoms with Crippen molar-refractivity contribution in [3.63, 3.8) is 0 Å². The molecule has 1 unspecified atom stereocenters. The monoisotopic (exact) mass is 373 g/mol. The first-order chi connectivity index (χ1) is 12.8. The van der Waals surface area contributed by atoms with Crippen LogP contribution in [0.5, 0.6) is 5.75 Å². The van der Waals surface area contributed by atoms with E-state index in [1.807, 2.05) is 39.8 Å². The van der Waals surface area contributed by atoms with E-state index in [1.165, 1.54) is 5.56 Å². The number of ether oxygens (including phenoxy) is 1. The summed E-state index contributed by atoms with van der Waals surface area (Å²) in [5.74, 6) is 2.22. The Kier molecular flexibility index (Phi) is 7.39. The molecular weight excluding hydrogens is 342 g/mol. The summed E-state index contributed by atoms with van der Waals surface area (Å²) < 4.78 is 10.4. The molecule has 1 N–H and O–H groups in total. The Morgan fingerprint density at radius 2 is 1.93 bits per heavy atom. The minimum Gasteiger partial charge on any atom is -0.497 e. The highest BCUT2D eigenvalue weighted by molar-refractivity contribution is 5.76. The molecule has 1 atom stereocenters. The molecule has 1 heterocycles. The fourth-order valence-corrected chi connectivity index (χ4v) is 2.66. The van der Waals surface area contributed by atoms with E-state index in [1.54, 1.807) is 7.11 Å². The molecule has 6 heteroatoms. The molecule has 148 valence electrons. The summed E-state index contributed by atoms with van der Waals surface area (Å²) >= 11 is 0. The highest BCUT2D eigenvalue weighted by Crippen LogP contribution is 2.19. The minimum atomic E-state index is -0.127. The van der Waals surface area contributed by atoms with Gasteiger partial charge in [0.05, 0.1) is 7.11 Å². The molecule has 27 heavy (non-hydrogen) atoms. The highest BCUT2D eigenvalue weighted by atomic mass is 16.5. The number of carbonyl (C=O) groups is 1. The van der Waals surface area contributed by atoms with Gasteiger partial charge in [0.1, 0.15) is 5.75 Å². The summed E-state index contributed by atoms with van der Waals surface area (Å²) in [4.78, 5) is 16.5. The summed E-state index contributed by atoms with van der Waals surface area (Å²) in [5.41, 5.74) is 1.11. The van der Waals surface area contributed by atoms with Gasteiger partial charge in [-0.15, -0.1) is 0 Å². The van der Waals surface area contributed by atoms with Crippen molar-refractivity contribution in [1.29, 1.82) is 0 Å². The van der Waals surface area contributed by atoms with Crippen LogP contribution in [0.15, 0.2) is 28.8 Å². The average molecular weight is 373 g/mol. The Labute approximate surface area is 161 Å². The number of methoxy groups -OCH3 is 1. The molecule has 0 fully saturated rings. The third-order valence-corrected chi connectivity index (χ3v) is 4.37. The van der Waals surface area contributed by atoms with E-state index in [0.717, 1.165) is 18.6 Å². The number of aromatic nitrogens is 2. The van der Waals surface area contributed by atoms with Crippen molar-refractivity contribution < 1.29 is 14.1 Å². The number of carbonyl (C=O) groups excluding carboxylic acids is 1. The molecule has 0 aliphatic rings. The topological polar surface area (TPSA) is 77.2 Å². The van der Waals surface area contributed by atoms with Gasteiger partial charge in [-0.05, 0) is 43.9 Å². The summed E-state index contributed by atoms with van der Waals surface area (Å²) in [6.07, 6.45) is 3.60. The predicted molar refractivity (Wildman–Crippen MR) is 105 cm³/mol. The number of amides is 1. The van der Waals surface area contributed by atoms with Gasteiger partial charge in [0.15, 0.2) is 5.82 Å². The lowest BCUT2D eigenvalue weighted by Gasteiger charge is -2.14. The second kappa shape index (κ2) is 9.53. The molecule has 0 saturated carbocycles. The van der Waals surface area contributed by atoms with Gasteiger partial charge in [0, 0.05) is 24.3 Å². The number of nitrogens with zero attached hydrogens (tertiary/aromatic N) is 2. The van der Waals surface area contributed by atoms with E-state index in [0.29, 0.717) is 31.0 Å². The van der Waals surface area contributed by atoms with Gasteiger partial charge in [0.25, 0.3) is 0 Å². The van der Waals surface area contributed by atoms with E-state index in [4.69, 9.17) is 9.26 Å². The van der Waals surface area contributed by atoms with Crippen LogP contribution in [0.25, 0.3) is 0 Å². The van der Waals surface area contributed by atoms with Gasteiger partial charge in [0.2, 0.25) is 11.8 Å². The van der Waals surface area contributed by atoms with Crippen LogP contribution in [0, 0.1) is 0 Å². The van der Waals surface area contributed by atoms with Crippen LogP contribution in [0.1, 0.15) is 64.2 Å². The Bertz CT molecular complexity index is 717. The number of aryl methyl sites for hydroxylation is 2. The van der Waals surface area contributed by atoms with E-state index in [-0.39, 0.29) is 17.4 Å². The first kappa shape index (κ1) is 20.9. The van der Waals surface area contributed by atoms with E-state index >= 15 is 0 Å². The second-order valence-corrected chi connectivity index (χ2v) is 7.97. The van der Waals surface area contributed by atoms with Crippen molar-refractivity contribution in [2.75, 3.05) is 7.11 Å². The van der Waals surface area contributed by atoms with Crippen molar-refractivity contribution in [3.05, 3.63) is 41.5 Å². The van der Waals surface area contributed by atoms with E-state index in [9.17, 15) is 4.79 Å². The van der Waals surface area contributed by atoms with E-state index in [2.05, 4.69) is 27.6 Å². The largest absolute Gasteiger partial charge is 0.497 e. The van der Waals surface area contributed by atoms with Crippen molar-refractivity contribution in [2.24, 2.45) is 0 Å². The quantitative estimate of drug-likeness (QED) is 0.723. The number of benzene rings is 1. The SMILES string of the molecule is COc1ccc(CCC(C)NC(=O)CCCc2nc(C(C)(C)C)no2)cc1. The molecule has 0 aliphatic heterocycles. The van der Waals surface area contributed by atoms with Crippen molar-refractivity contribution >= 4 is 5.91 Å². The molecule has 2 rings (SSSR count). The molecule has 1 aromatic carbocycles. The predicted octanol–water partition coefficient (Wildman–Crippen LogP) is 3.84. The minimum absolute atomic E-state index is 0.0628. The molecule has 1 aromatic heterocycles. The van der Waals surface area contributed by atoms with Crippen molar-refractivity contribution in [1.82, 2.24) is 15.5 Å². The fourth-order valence-electron chi connectivity index (χ4n) is 2.66. The van der Waals surface area contributed by atoms with Gasteiger partial charge in [-0.3, -0.25) is 4.79 Å². The van der Waals surface area contributed by atoms with Gasteiger partial charge < -0.3 is 14.6 Å². The average Bonchev–Trinajstić information content (AvgIpc) is 3.09. The Morgan fingerprint density at radius 3 is 2.52 bits per heavy atom. The summed E-state index contributed by atoms with van der Waals surface area (Å²) in [6, 6.07) is 8.17. The lowest BCUT2D eigenvalue weighted by atomic mass is 9.96. The lowest BCUT2D eigenvalue weighted by molar-refractivity contribution is -0.121. The first-order valence-electron chi connectivity index (χ1n) is 9.53. The maximum absolute atomic E-state index is 12.1. The third kappa shape index (κ3) is 7.04. The van der Waals surface area contributed by atoms with Crippen LogP contribution in [0.2, 0.25) is 0 Å². The molecule has 0 saturated heterocycles. The summed E-state index contributed by atoms with van der Waals surface area (Å²) in [6.45, 7) is 8.17. The van der Waals surface area contributed by atoms with Crippen molar-refractivity contribution in [3.8, 4) is 5.75 Å². The van der Waals surface area contributed by atoms with Crippen LogP contribution in [-0.2, 0) is 23.1 Å². The normalized spacial score (nSPS) is 12.6. The number of hydrogen-bond donors (Lipinski definition) is 1. The zero-order valence-electron chi connectivity index (χ0n) is 17.0. The zero-order chi connectivity index (χ0) is 19.9. The molecule has 0 radical (unpaired) electrons. The first-order valence-corrected chi connectivity index (χ1v) is 9.53.